The van der Waals surface area contributed by atoms with Crippen molar-refractivity contribution >= 4 is 23.3 Å². The predicted molar refractivity (Wildman–Crippen MR) is 175 cm³/mol. The SMILES string of the molecule is CC(C)(C)OC(=O)c1ccccc1CN1CN(c2ccccc2)C2(CCN(CCCN3C(=O)C4(CC4)c4ccccc43)CC2)O1. The largest absolute Gasteiger partial charge is 0.456 e. The van der Waals surface area contributed by atoms with Crippen molar-refractivity contribution in [2.45, 2.75) is 76.2 Å². The van der Waals surface area contributed by atoms with Gasteiger partial charge in [-0.1, -0.05) is 54.6 Å². The molecule has 0 radical (unpaired) electrons. The smallest absolute Gasteiger partial charge is 0.338 e. The van der Waals surface area contributed by atoms with Crippen molar-refractivity contribution < 1.29 is 19.2 Å². The highest BCUT2D eigenvalue weighted by molar-refractivity contribution is 6.10. The number of fused-ring (bicyclic) bond motifs is 2. The Morgan fingerprint density at radius 2 is 1.56 bits per heavy atom. The number of benzene rings is 3. The molecule has 1 saturated carbocycles. The van der Waals surface area contributed by atoms with E-state index in [2.05, 4.69) is 52.3 Å². The minimum Gasteiger partial charge on any atom is -0.456 e. The molecule has 4 aliphatic rings. The topological polar surface area (TPSA) is 65.6 Å². The fourth-order valence-corrected chi connectivity index (χ4v) is 7.36. The van der Waals surface area contributed by atoms with Crippen LogP contribution in [0, 0.1) is 0 Å². The molecule has 3 aliphatic heterocycles. The molecule has 3 heterocycles. The van der Waals surface area contributed by atoms with Crippen LogP contribution in [0.4, 0.5) is 11.4 Å². The number of para-hydroxylation sites is 2. The van der Waals surface area contributed by atoms with Crippen LogP contribution in [0.5, 0.6) is 0 Å². The van der Waals surface area contributed by atoms with Crippen LogP contribution in [-0.2, 0) is 26.3 Å². The molecule has 7 rings (SSSR count). The summed E-state index contributed by atoms with van der Waals surface area (Å²) in [6, 6.07) is 26.5. The molecule has 236 valence electrons. The number of carbonyl (C=O) groups excluding carboxylic acids is 2. The lowest BCUT2D eigenvalue weighted by molar-refractivity contribution is -0.212. The second-order valence-electron chi connectivity index (χ2n) is 14.0. The monoisotopic (exact) mass is 608 g/mol. The van der Waals surface area contributed by atoms with Crippen LogP contribution in [0.1, 0.15) is 74.4 Å². The molecule has 3 fully saturated rings. The summed E-state index contributed by atoms with van der Waals surface area (Å²) in [5.41, 5.74) is 3.69. The Hall–Kier alpha value is -3.72. The fourth-order valence-electron chi connectivity index (χ4n) is 7.36. The van der Waals surface area contributed by atoms with E-state index in [-0.39, 0.29) is 11.4 Å². The molecular weight excluding hydrogens is 564 g/mol. The number of piperidine rings is 1. The van der Waals surface area contributed by atoms with E-state index < -0.39 is 11.3 Å². The average molecular weight is 609 g/mol. The first-order valence-electron chi connectivity index (χ1n) is 16.4. The Morgan fingerprint density at radius 1 is 0.867 bits per heavy atom. The van der Waals surface area contributed by atoms with Crippen molar-refractivity contribution in [1.82, 2.24) is 9.96 Å². The van der Waals surface area contributed by atoms with Gasteiger partial charge in [0.05, 0.1) is 24.2 Å². The van der Waals surface area contributed by atoms with E-state index in [1.807, 2.05) is 67.1 Å². The molecule has 2 saturated heterocycles. The van der Waals surface area contributed by atoms with Gasteiger partial charge in [-0.25, -0.2) is 4.79 Å². The van der Waals surface area contributed by atoms with Crippen LogP contribution in [-0.4, -0.2) is 66.0 Å². The number of hydrogen-bond acceptors (Lipinski definition) is 7. The molecule has 0 bridgehead atoms. The van der Waals surface area contributed by atoms with Crippen molar-refractivity contribution in [1.29, 1.82) is 0 Å². The first-order chi connectivity index (χ1) is 21.7. The van der Waals surface area contributed by atoms with Gasteiger partial charge in [0.1, 0.15) is 5.60 Å². The summed E-state index contributed by atoms with van der Waals surface area (Å²) in [5, 5.41) is 2.00. The van der Waals surface area contributed by atoms with Crippen LogP contribution in [0.25, 0.3) is 0 Å². The van der Waals surface area contributed by atoms with Gasteiger partial charge in [0, 0.05) is 43.9 Å². The summed E-state index contributed by atoms with van der Waals surface area (Å²) in [5.74, 6) is -0.0147. The maximum atomic E-state index is 13.3. The molecule has 0 atom stereocenters. The normalized spacial score (nSPS) is 20.6. The highest BCUT2D eigenvalue weighted by Crippen LogP contribution is 2.57. The van der Waals surface area contributed by atoms with Gasteiger partial charge in [0.2, 0.25) is 5.91 Å². The minimum atomic E-state index is -0.565. The number of hydroxylamine groups is 2. The minimum absolute atomic E-state index is 0.228. The number of ether oxygens (including phenoxy) is 1. The molecular formula is C37H44N4O4. The number of esters is 1. The van der Waals surface area contributed by atoms with Crippen molar-refractivity contribution in [3.8, 4) is 0 Å². The summed E-state index contributed by atoms with van der Waals surface area (Å²) in [6.07, 6.45) is 4.63. The third-order valence-electron chi connectivity index (χ3n) is 9.75. The number of nitrogens with zero attached hydrogens (tertiary/aromatic N) is 4. The Bertz CT molecular complexity index is 1560. The van der Waals surface area contributed by atoms with Gasteiger partial charge in [0.25, 0.3) is 0 Å². The van der Waals surface area contributed by atoms with E-state index in [4.69, 9.17) is 9.57 Å². The number of amides is 1. The maximum absolute atomic E-state index is 13.3. The van der Waals surface area contributed by atoms with Crippen molar-refractivity contribution in [3.63, 3.8) is 0 Å². The number of carbonyl (C=O) groups is 2. The quantitative estimate of drug-likeness (QED) is 0.286. The molecule has 3 aromatic carbocycles. The van der Waals surface area contributed by atoms with Gasteiger partial charge in [-0.15, -0.1) is 0 Å². The Morgan fingerprint density at radius 3 is 2.29 bits per heavy atom. The molecule has 0 N–H and O–H groups in total. The second-order valence-corrected chi connectivity index (χ2v) is 14.0. The zero-order valence-corrected chi connectivity index (χ0v) is 26.7. The van der Waals surface area contributed by atoms with E-state index in [1.54, 1.807) is 0 Å². The zero-order chi connectivity index (χ0) is 31.2. The second kappa shape index (κ2) is 11.6. The molecule has 1 amide bonds. The van der Waals surface area contributed by atoms with Crippen LogP contribution < -0.4 is 9.80 Å². The molecule has 0 unspecified atom stereocenters. The maximum Gasteiger partial charge on any atom is 0.338 e. The molecule has 8 heteroatoms. The zero-order valence-electron chi connectivity index (χ0n) is 26.7. The van der Waals surface area contributed by atoms with E-state index in [1.165, 1.54) is 5.56 Å². The lowest BCUT2D eigenvalue weighted by atomic mass is 9.98. The predicted octanol–water partition coefficient (Wildman–Crippen LogP) is 6.11. The average Bonchev–Trinajstić information content (AvgIpc) is 3.72. The fraction of sp³-hybridized carbons (Fsp3) is 0.459. The van der Waals surface area contributed by atoms with Crippen molar-refractivity contribution in [2.75, 3.05) is 42.6 Å². The van der Waals surface area contributed by atoms with Gasteiger partial charge in [0.15, 0.2) is 5.72 Å². The van der Waals surface area contributed by atoms with Gasteiger partial charge in [-0.2, -0.15) is 5.06 Å². The molecule has 0 aromatic heterocycles. The number of rotatable bonds is 8. The molecule has 2 spiro atoms. The Labute approximate surface area is 266 Å². The first kappa shape index (κ1) is 30.0. The first-order valence-corrected chi connectivity index (χ1v) is 16.4. The highest BCUT2D eigenvalue weighted by atomic mass is 16.7. The van der Waals surface area contributed by atoms with Crippen LogP contribution in [0.15, 0.2) is 78.9 Å². The summed E-state index contributed by atoms with van der Waals surface area (Å²) < 4.78 is 5.71. The van der Waals surface area contributed by atoms with Crippen LogP contribution in [0.2, 0.25) is 0 Å². The number of hydrogen-bond donors (Lipinski definition) is 0. The summed E-state index contributed by atoms with van der Waals surface area (Å²) >= 11 is 0. The summed E-state index contributed by atoms with van der Waals surface area (Å²) in [6.45, 7) is 10.3. The van der Waals surface area contributed by atoms with E-state index in [9.17, 15) is 9.59 Å². The molecule has 1 aliphatic carbocycles. The van der Waals surface area contributed by atoms with Crippen molar-refractivity contribution in [2.24, 2.45) is 0 Å². The highest BCUT2D eigenvalue weighted by Gasteiger charge is 2.58. The third kappa shape index (κ3) is 5.75. The van der Waals surface area contributed by atoms with E-state index >= 15 is 0 Å². The third-order valence-corrected chi connectivity index (χ3v) is 9.75. The van der Waals surface area contributed by atoms with E-state index in [0.29, 0.717) is 24.7 Å². The summed E-state index contributed by atoms with van der Waals surface area (Å²) in [7, 11) is 0. The van der Waals surface area contributed by atoms with Gasteiger partial charge >= 0.3 is 5.97 Å². The standard InChI is InChI=1S/C37H44N4O4/c1-35(2,3)44-33(42)30-15-8-7-12-28(30)26-39-27-41(29-13-5-4-6-14-29)37(45-39)20-24-38(25-21-37)22-11-23-40-32-17-10-9-16-31(32)36(18-19-36)34(40)43/h4-10,12-17H,11,18-27H2,1-3H3. The number of likely N-dealkylation sites (tertiary alicyclic amines) is 1. The lowest BCUT2D eigenvalue weighted by Crippen LogP contribution is -2.53. The van der Waals surface area contributed by atoms with Gasteiger partial charge in [-0.3, -0.25) is 9.63 Å². The Kier molecular flexibility index (Phi) is 7.71. The van der Waals surface area contributed by atoms with Crippen LogP contribution >= 0.6 is 0 Å². The Balaban J connectivity index is 1.01. The summed E-state index contributed by atoms with van der Waals surface area (Å²) in [4.78, 5) is 40.1. The van der Waals surface area contributed by atoms with Crippen molar-refractivity contribution in [3.05, 3.63) is 95.6 Å². The van der Waals surface area contributed by atoms with Gasteiger partial charge in [-0.05, 0) is 82.0 Å². The van der Waals surface area contributed by atoms with Crippen LogP contribution in [0.3, 0.4) is 0 Å². The van der Waals surface area contributed by atoms with E-state index in [0.717, 1.165) is 75.2 Å². The lowest BCUT2D eigenvalue weighted by Gasteiger charge is -2.43. The molecule has 3 aromatic rings. The molecule has 8 nitrogen and oxygen atoms in total. The van der Waals surface area contributed by atoms with Gasteiger partial charge < -0.3 is 19.4 Å². The molecule has 45 heavy (non-hydrogen) atoms. The number of anilines is 2.